The molecule has 26 heavy (non-hydrogen) atoms. The van der Waals surface area contributed by atoms with E-state index in [4.69, 9.17) is 0 Å². The van der Waals surface area contributed by atoms with Crippen LogP contribution in [0.2, 0.25) is 0 Å². The summed E-state index contributed by atoms with van der Waals surface area (Å²) in [7, 11) is -3.64. The van der Waals surface area contributed by atoms with Crippen molar-refractivity contribution in [3.05, 3.63) is 59.7 Å². The zero-order chi connectivity index (χ0) is 18.7. The predicted molar refractivity (Wildman–Crippen MR) is 103 cm³/mol. The van der Waals surface area contributed by atoms with Gasteiger partial charge in [-0.05, 0) is 49.6 Å². The number of carbonyl (C=O) groups excluding carboxylic acids is 1. The molecule has 0 radical (unpaired) electrons. The molecule has 6 heteroatoms. The van der Waals surface area contributed by atoms with Crippen molar-refractivity contribution in [2.75, 3.05) is 11.4 Å². The van der Waals surface area contributed by atoms with E-state index in [1.165, 1.54) is 0 Å². The molecule has 0 aromatic heterocycles. The number of hydrogen-bond donors (Lipinski definition) is 1. The first-order chi connectivity index (χ1) is 12.4. The van der Waals surface area contributed by atoms with Gasteiger partial charge >= 0.3 is 0 Å². The van der Waals surface area contributed by atoms with Crippen molar-refractivity contribution in [1.82, 2.24) is 4.72 Å². The van der Waals surface area contributed by atoms with Gasteiger partial charge < -0.3 is 4.90 Å². The fraction of sp³-hybridized carbons (Fsp3) is 0.350. The van der Waals surface area contributed by atoms with Gasteiger partial charge in [-0.2, -0.15) is 0 Å². The minimum atomic E-state index is -3.64. The van der Waals surface area contributed by atoms with Crippen LogP contribution in [-0.4, -0.2) is 20.9 Å². The van der Waals surface area contributed by atoms with Gasteiger partial charge in [0.2, 0.25) is 15.9 Å². The number of amides is 1. The second-order valence-electron chi connectivity index (χ2n) is 6.64. The highest BCUT2D eigenvalue weighted by atomic mass is 32.2. The number of nitrogens with one attached hydrogen (secondary N) is 1. The van der Waals surface area contributed by atoms with E-state index in [0.29, 0.717) is 19.4 Å². The molecule has 1 N–H and O–H groups in total. The summed E-state index contributed by atoms with van der Waals surface area (Å²) >= 11 is 0. The molecular formula is C20H24N2O3S. The SMILES string of the molecule is CC[C@H](NS(=O)(=O)c1ccc(N2CCCC2=O)cc1)c1ccc(C)cc1. The van der Waals surface area contributed by atoms with E-state index in [9.17, 15) is 13.2 Å². The number of rotatable bonds is 6. The summed E-state index contributed by atoms with van der Waals surface area (Å²) < 4.78 is 28.3. The second-order valence-corrected chi connectivity index (χ2v) is 8.35. The third kappa shape index (κ3) is 3.97. The first-order valence-corrected chi connectivity index (χ1v) is 10.4. The number of nitrogens with zero attached hydrogens (tertiary/aromatic N) is 1. The van der Waals surface area contributed by atoms with Crippen LogP contribution in [-0.2, 0) is 14.8 Å². The Bertz CT molecular complexity index is 874. The van der Waals surface area contributed by atoms with Crippen molar-refractivity contribution in [3.8, 4) is 0 Å². The summed E-state index contributed by atoms with van der Waals surface area (Å²) in [6.07, 6.45) is 2.05. The van der Waals surface area contributed by atoms with Crippen LogP contribution in [0.15, 0.2) is 53.4 Å². The minimum absolute atomic E-state index is 0.0872. The van der Waals surface area contributed by atoms with Crippen LogP contribution in [0.25, 0.3) is 0 Å². The van der Waals surface area contributed by atoms with Gasteiger partial charge in [0.1, 0.15) is 0 Å². The molecule has 1 amide bonds. The molecule has 0 spiro atoms. The van der Waals surface area contributed by atoms with Gasteiger partial charge in [-0.3, -0.25) is 4.79 Å². The van der Waals surface area contributed by atoms with Crippen LogP contribution in [0, 0.1) is 6.92 Å². The lowest BCUT2D eigenvalue weighted by Gasteiger charge is -2.19. The highest BCUT2D eigenvalue weighted by molar-refractivity contribution is 7.89. The molecule has 138 valence electrons. The van der Waals surface area contributed by atoms with Gasteiger partial charge in [0, 0.05) is 24.7 Å². The van der Waals surface area contributed by atoms with Crippen molar-refractivity contribution < 1.29 is 13.2 Å². The first-order valence-electron chi connectivity index (χ1n) is 8.90. The number of benzene rings is 2. The second kappa shape index (κ2) is 7.60. The molecule has 2 aromatic rings. The highest BCUT2D eigenvalue weighted by Crippen LogP contribution is 2.25. The lowest BCUT2D eigenvalue weighted by atomic mass is 10.0. The molecule has 1 fully saturated rings. The number of hydrogen-bond acceptors (Lipinski definition) is 3. The van der Waals surface area contributed by atoms with Crippen LogP contribution in [0.1, 0.15) is 43.4 Å². The molecule has 0 saturated carbocycles. The topological polar surface area (TPSA) is 66.5 Å². The summed E-state index contributed by atoms with van der Waals surface area (Å²) in [5.74, 6) is 0.0872. The molecule has 0 bridgehead atoms. The molecule has 5 nitrogen and oxygen atoms in total. The molecule has 1 saturated heterocycles. The Morgan fingerprint density at radius 1 is 1.08 bits per heavy atom. The first kappa shape index (κ1) is 18.6. The Balaban J connectivity index is 1.78. The monoisotopic (exact) mass is 372 g/mol. The highest BCUT2D eigenvalue weighted by Gasteiger charge is 2.23. The average molecular weight is 372 g/mol. The van der Waals surface area contributed by atoms with E-state index in [0.717, 1.165) is 23.2 Å². The quantitative estimate of drug-likeness (QED) is 0.843. The van der Waals surface area contributed by atoms with Crippen LogP contribution in [0.5, 0.6) is 0 Å². The minimum Gasteiger partial charge on any atom is -0.312 e. The van der Waals surface area contributed by atoms with Crippen LogP contribution in [0.4, 0.5) is 5.69 Å². The van der Waals surface area contributed by atoms with Crippen molar-refractivity contribution in [3.63, 3.8) is 0 Å². The van der Waals surface area contributed by atoms with Gasteiger partial charge in [-0.15, -0.1) is 0 Å². The number of carbonyl (C=O) groups is 1. The number of sulfonamides is 1. The van der Waals surface area contributed by atoms with Crippen molar-refractivity contribution in [2.45, 2.75) is 44.0 Å². The zero-order valence-electron chi connectivity index (χ0n) is 15.1. The van der Waals surface area contributed by atoms with Crippen LogP contribution >= 0.6 is 0 Å². The lowest BCUT2D eigenvalue weighted by molar-refractivity contribution is -0.117. The summed E-state index contributed by atoms with van der Waals surface area (Å²) in [5.41, 5.74) is 2.83. The van der Waals surface area contributed by atoms with Crippen molar-refractivity contribution in [1.29, 1.82) is 0 Å². The lowest BCUT2D eigenvalue weighted by Crippen LogP contribution is -2.28. The molecular weight excluding hydrogens is 348 g/mol. The Morgan fingerprint density at radius 3 is 2.27 bits per heavy atom. The fourth-order valence-electron chi connectivity index (χ4n) is 3.17. The molecule has 0 aliphatic carbocycles. The van der Waals surface area contributed by atoms with E-state index in [1.807, 2.05) is 38.1 Å². The molecule has 1 heterocycles. The summed E-state index contributed by atoms with van der Waals surface area (Å²) in [5, 5.41) is 0. The smallest absolute Gasteiger partial charge is 0.241 e. The summed E-state index contributed by atoms with van der Waals surface area (Å²) in [6, 6.07) is 14.1. The van der Waals surface area contributed by atoms with Gasteiger partial charge in [-0.25, -0.2) is 13.1 Å². The maximum absolute atomic E-state index is 12.7. The van der Waals surface area contributed by atoms with Crippen LogP contribution in [0.3, 0.4) is 0 Å². The van der Waals surface area contributed by atoms with E-state index in [1.54, 1.807) is 29.2 Å². The third-order valence-corrected chi connectivity index (χ3v) is 6.21. The summed E-state index contributed by atoms with van der Waals surface area (Å²) in [6.45, 7) is 4.64. The molecule has 1 atom stereocenters. The number of anilines is 1. The Morgan fingerprint density at radius 2 is 1.73 bits per heavy atom. The normalized spacial score (nSPS) is 16.1. The zero-order valence-corrected chi connectivity index (χ0v) is 15.9. The van der Waals surface area contributed by atoms with Crippen molar-refractivity contribution >= 4 is 21.6 Å². The summed E-state index contributed by atoms with van der Waals surface area (Å²) in [4.78, 5) is 13.7. The van der Waals surface area contributed by atoms with E-state index >= 15 is 0 Å². The maximum atomic E-state index is 12.7. The van der Waals surface area contributed by atoms with Crippen molar-refractivity contribution in [2.24, 2.45) is 0 Å². The van der Waals surface area contributed by atoms with Gasteiger partial charge in [0.25, 0.3) is 0 Å². The third-order valence-electron chi connectivity index (χ3n) is 4.72. The Kier molecular flexibility index (Phi) is 5.44. The molecule has 2 aromatic carbocycles. The standard InChI is InChI=1S/C20H24N2O3S/c1-3-19(16-8-6-15(2)7-9-16)21-26(24,25)18-12-10-17(11-13-18)22-14-4-5-20(22)23/h6-13,19,21H,3-5,14H2,1-2H3/t19-/m0/s1. The fourth-order valence-corrected chi connectivity index (χ4v) is 4.48. The van der Waals surface area contributed by atoms with E-state index < -0.39 is 10.0 Å². The maximum Gasteiger partial charge on any atom is 0.241 e. The largest absolute Gasteiger partial charge is 0.312 e. The Labute approximate surface area is 155 Å². The average Bonchev–Trinajstić information content (AvgIpc) is 3.06. The van der Waals surface area contributed by atoms with Crippen LogP contribution < -0.4 is 9.62 Å². The van der Waals surface area contributed by atoms with Gasteiger partial charge in [-0.1, -0.05) is 36.8 Å². The molecule has 3 rings (SSSR count). The molecule has 0 unspecified atom stereocenters. The Hall–Kier alpha value is -2.18. The van der Waals surface area contributed by atoms with E-state index in [2.05, 4.69) is 4.72 Å². The number of aryl methyl sites for hydroxylation is 1. The van der Waals surface area contributed by atoms with Gasteiger partial charge in [0.15, 0.2) is 0 Å². The molecule has 1 aliphatic rings. The van der Waals surface area contributed by atoms with Gasteiger partial charge in [0.05, 0.1) is 4.90 Å². The molecule has 1 aliphatic heterocycles. The predicted octanol–water partition coefficient (Wildman–Crippen LogP) is 3.55. The van der Waals surface area contributed by atoms with E-state index in [-0.39, 0.29) is 16.8 Å².